The summed E-state index contributed by atoms with van der Waals surface area (Å²) in [7, 11) is 0. The summed E-state index contributed by atoms with van der Waals surface area (Å²) < 4.78 is 5.98. The maximum Gasteiger partial charge on any atom is 0.149 e. The van der Waals surface area contributed by atoms with Gasteiger partial charge < -0.3 is 4.74 Å². The van der Waals surface area contributed by atoms with E-state index in [1.165, 1.54) is 16.7 Å². The molecule has 0 saturated heterocycles. The van der Waals surface area contributed by atoms with Crippen molar-refractivity contribution in [1.82, 2.24) is 25.6 Å². The number of nitrogens with one attached hydrogen (secondary N) is 1. The first-order valence-corrected chi connectivity index (χ1v) is 11.6. The number of fused-ring (bicyclic) bond motifs is 1. The van der Waals surface area contributed by atoms with Gasteiger partial charge in [-0.3, -0.25) is 0 Å². The molecular formula is C28H27N5O. The first-order valence-electron chi connectivity index (χ1n) is 11.6. The zero-order valence-corrected chi connectivity index (χ0v) is 19.2. The Morgan fingerprint density at radius 3 is 2.59 bits per heavy atom. The minimum Gasteiger partial charge on any atom is -0.487 e. The lowest BCUT2D eigenvalue weighted by Crippen LogP contribution is -2.04. The molecule has 0 saturated carbocycles. The Kier molecular flexibility index (Phi) is 6.56. The van der Waals surface area contributed by atoms with Gasteiger partial charge >= 0.3 is 0 Å². The van der Waals surface area contributed by atoms with E-state index in [9.17, 15) is 0 Å². The number of aromatic amines is 1. The van der Waals surface area contributed by atoms with Crippen molar-refractivity contribution in [1.29, 1.82) is 0 Å². The van der Waals surface area contributed by atoms with Crippen molar-refractivity contribution in [2.24, 2.45) is 0 Å². The molecule has 1 unspecified atom stereocenters. The van der Waals surface area contributed by atoms with Gasteiger partial charge in [0.15, 0.2) is 0 Å². The second-order valence-corrected chi connectivity index (χ2v) is 8.51. The Hall–Kier alpha value is -4.06. The maximum absolute atomic E-state index is 5.98. The van der Waals surface area contributed by atoms with Crippen LogP contribution in [0.25, 0.3) is 10.9 Å². The van der Waals surface area contributed by atoms with E-state index in [1.54, 1.807) is 0 Å². The fourth-order valence-electron chi connectivity index (χ4n) is 4.24. The molecule has 0 fully saturated rings. The van der Waals surface area contributed by atoms with E-state index in [0.717, 1.165) is 47.4 Å². The van der Waals surface area contributed by atoms with E-state index in [-0.39, 0.29) is 0 Å². The van der Waals surface area contributed by atoms with Gasteiger partial charge in [0.1, 0.15) is 18.2 Å². The van der Waals surface area contributed by atoms with Crippen molar-refractivity contribution in [2.45, 2.75) is 38.7 Å². The normalized spacial score (nSPS) is 12.0. The van der Waals surface area contributed by atoms with E-state index >= 15 is 0 Å². The summed E-state index contributed by atoms with van der Waals surface area (Å²) in [6.07, 6.45) is 2.72. The van der Waals surface area contributed by atoms with Gasteiger partial charge in [-0.15, -0.1) is 5.10 Å². The first kappa shape index (κ1) is 21.8. The molecule has 0 spiro atoms. The summed E-state index contributed by atoms with van der Waals surface area (Å²) in [6.45, 7) is 2.65. The van der Waals surface area contributed by atoms with Gasteiger partial charge in [0, 0.05) is 11.8 Å². The fourth-order valence-corrected chi connectivity index (χ4v) is 4.24. The highest BCUT2D eigenvalue weighted by Crippen LogP contribution is 2.25. The van der Waals surface area contributed by atoms with Crippen molar-refractivity contribution in [3.63, 3.8) is 0 Å². The van der Waals surface area contributed by atoms with Crippen LogP contribution in [0, 0.1) is 0 Å². The number of hydrogen-bond acceptors (Lipinski definition) is 5. The van der Waals surface area contributed by atoms with Crippen molar-refractivity contribution >= 4 is 10.9 Å². The molecule has 0 radical (unpaired) electrons. The predicted octanol–water partition coefficient (Wildman–Crippen LogP) is 5.65. The molecule has 34 heavy (non-hydrogen) atoms. The van der Waals surface area contributed by atoms with E-state index < -0.39 is 0 Å². The van der Waals surface area contributed by atoms with Gasteiger partial charge in [0.2, 0.25) is 0 Å². The summed E-state index contributed by atoms with van der Waals surface area (Å²) in [6, 6.07) is 29.4. The monoisotopic (exact) mass is 449 g/mol. The van der Waals surface area contributed by atoms with Crippen LogP contribution in [-0.2, 0) is 19.4 Å². The molecule has 0 bridgehead atoms. The molecule has 0 aliphatic heterocycles. The number of rotatable bonds is 9. The number of benzene rings is 3. The van der Waals surface area contributed by atoms with Crippen LogP contribution >= 0.6 is 0 Å². The van der Waals surface area contributed by atoms with Crippen LogP contribution in [0.2, 0.25) is 0 Å². The van der Waals surface area contributed by atoms with E-state index in [0.29, 0.717) is 12.5 Å². The second kappa shape index (κ2) is 10.3. The summed E-state index contributed by atoms with van der Waals surface area (Å²) in [5.74, 6) is 2.06. The van der Waals surface area contributed by atoms with Crippen LogP contribution in [0.1, 0.15) is 47.5 Å². The molecular weight excluding hydrogens is 422 g/mol. The molecule has 1 atom stereocenters. The third-order valence-corrected chi connectivity index (χ3v) is 6.12. The summed E-state index contributed by atoms with van der Waals surface area (Å²) in [5.41, 5.74) is 5.77. The van der Waals surface area contributed by atoms with Crippen LogP contribution in [0.5, 0.6) is 5.75 Å². The Morgan fingerprint density at radius 2 is 1.76 bits per heavy atom. The molecule has 5 aromatic rings. The lowest BCUT2D eigenvalue weighted by molar-refractivity contribution is 0.301. The average Bonchev–Trinajstić information content (AvgIpc) is 3.40. The van der Waals surface area contributed by atoms with Crippen LogP contribution in [-0.4, -0.2) is 25.6 Å². The first-order chi connectivity index (χ1) is 16.8. The molecule has 6 heteroatoms. The topological polar surface area (TPSA) is 76.6 Å². The van der Waals surface area contributed by atoms with E-state index in [4.69, 9.17) is 4.74 Å². The highest BCUT2D eigenvalue weighted by molar-refractivity contribution is 5.78. The molecule has 170 valence electrons. The number of pyridine rings is 1. The summed E-state index contributed by atoms with van der Waals surface area (Å²) in [5, 5.41) is 15.4. The Labute approximate surface area is 199 Å². The van der Waals surface area contributed by atoms with Crippen LogP contribution in [0.3, 0.4) is 0 Å². The van der Waals surface area contributed by atoms with Gasteiger partial charge in [0.25, 0.3) is 0 Å². The van der Waals surface area contributed by atoms with Gasteiger partial charge in [-0.2, -0.15) is 0 Å². The molecule has 1 N–H and O–H groups in total. The van der Waals surface area contributed by atoms with Crippen molar-refractivity contribution < 1.29 is 4.74 Å². The third kappa shape index (κ3) is 5.29. The lowest BCUT2D eigenvalue weighted by Gasteiger charge is -2.15. The van der Waals surface area contributed by atoms with Crippen LogP contribution < -0.4 is 4.74 Å². The number of nitrogens with zero attached hydrogens (tertiary/aromatic N) is 4. The van der Waals surface area contributed by atoms with Crippen molar-refractivity contribution in [3.05, 3.63) is 113 Å². The van der Waals surface area contributed by atoms with Crippen LogP contribution in [0.15, 0.2) is 84.9 Å². The number of aromatic nitrogens is 5. The molecule has 3 aromatic carbocycles. The van der Waals surface area contributed by atoms with Crippen molar-refractivity contribution in [2.75, 3.05) is 0 Å². The zero-order valence-electron chi connectivity index (χ0n) is 19.2. The molecule has 0 amide bonds. The fraction of sp³-hybridized carbons (Fsp3) is 0.214. The highest BCUT2D eigenvalue weighted by Gasteiger charge is 2.13. The SMILES string of the molecule is CCC(Cc1nnn[nH]1)c1cccc(Cc2ccc(OCc3ccc4ccccc4n3)cc2)c1. The molecule has 2 heterocycles. The number of H-pyrrole nitrogens is 1. The molecule has 6 nitrogen and oxygen atoms in total. The smallest absolute Gasteiger partial charge is 0.149 e. The van der Waals surface area contributed by atoms with Crippen molar-refractivity contribution in [3.8, 4) is 5.75 Å². The minimum atomic E-state index is 0.384. The zero-order chi connectivity index (χ0) is 23.2. The highest BCUT2D eigenvalue weighted by atomic mass is 16.5. The third-order valence-electron chi connectivity index (χ3n) is 6.12. The van der Waals surface area contributed by atoms with Gasteiger partial charge in [-0.25, -0.2) is 10.1 Å². The quantitative estimate of drug-likeness (QED) is 0.314. The maximum atomic E-state index is 5.98. The largest absolute Gasteiger partial charge is 0.487 e. The molecule has 0 aliphatic rings. The second-order valence-electron chi connectivity index (χ2n) is 8.51. The Bertz CT molecular complexity index is 1350. The number of hydrogen-bond donors (Lipinski definition) is 1. The number of para-hydroxylation sites is 1. The lowest BCUT2D eigenvalue weighted by atomic mass is 9.91. The minimum absolute atomic E-state index is 0.384. The average molecular weight is 450 g/mol. The van der Waals surface area contributed by atoms with Gasteiger partial charge in [-0.1, -0.05) is 67.6 Å². The molecule has 2 aromatic heterocycles. The number of ether oxygens (including phenoxy) is 1. The molecule has 5 rings (SSSR count). The Morgan fingerprint density at radius 1 is 0.882 bits per heavy atom. The summed E-state index contributed by atoms with van der Waals surface area (Å²) >= 11 is 0. The van der Waals surface area contributed by atoms with Crippen LogP contribution in [0.4, 0.5) is 0 Å². The van der Waals surface area contributed by atoms with Gasteiger partial charge in [-0.05, 0) is 70.1 Å². The van der Waals surface area contributed by atoms with Gasteiger partial charge in [0.05, 0.1) is 11.2 Å². The standard InChI is InChI=1S/C28H27N5O/c1-2-22(18-28-30-32-33-31-28)24-8-5-6-21(17-24)16-20-10-14-26(15-11-20)34-19-25-13-12-23-7-3-4-9-27(23)29-25/h3-15,17,22H,2,16,18-19H2,1H3,(H,30,31,32,33). The number of tetrazole rings is 1. The molecule has 0 aliphatic carbocycles. The summed E-state index contributed by atoms with van der Waals surface area (Å²) in [4.78, 5) is 4.68. The van der Waals surface area contributed by atoms with E-state index in [1.807, 2.05) is 36.4 Å². The predicted molar refractivity (Wildman–Crippen MR) is 133 cm³/mol. The Balaban J connectivity index is 1.21. The van der Waals surface area contributed by atoms with E-state index in [2.05, 4.69) is 81.1 Å².